The van der Waals surface area contributed by atoms with Crippen LogP contribution in [0, 0.1) is 5.82 Å². The monoisotopic (exact) mass is 393 g/mol. The molecule has 1 N–H and O–H groups in total. The van der Waals surface area contributed by atoms with Gasteiger partial charge in [0.2, 0.25) is 0 Å². The molecule has 4 rings (SSSR count). The lowest BCUT2D eigenvalue weighted by atomic mass is 10.0. The summed E-state index contributed by atoms with van der Waals surface area (Å²) in [6, 6.07) is 13.1. The number of fused-ring (bicyclic) bond motifs is 1. The predicted octanol–water partition coefficient (Wildman–Crippen LogP) is 3.73. The van der Waals surface area contributed by atoms with E-state index in [0.717, 1.165) is 0 Å². The van der Waals surface area contributed by atoms with Gasteiger partial charge in [-0.15, -0.1) is 0 Å². The van der Waals surface area contributed by atoms with E-state index in [-0.39, 0.29) is 17.0 Å². The number of hydrogen-bond donors (Lipinski definition) is 1. The Labute approximate surface area is 164 Å². The average Bonchev–Trinajstić information content (AvgIpc) is 3.37. The summed E-state index contributed by atoms with van der Waals surface area (Å²) in [6.45, 7) is 0. The molecule has 0 atom stereocenters. The van der Waals surface area contributed by atoms with Crippen molar-refractivity contribution in [2.75, 3.05) is 14.2 Å². The molecule has 2 heterocycles. The van der Waals surface area contributed by atoms with Crippen LogP contribution in [0.2, 0.25) is 0 Å². The predicted molar refractivity (Wildman–Crippen MR) is 103 cm³/mol. The highest BCUT2D eigenvalue weighted by atomic mass is 19.1. The van der Waals surface area contributed by atoms with E-state index in [9.17, 15) is 14.0 Å². The van der Waals surface area contributed by atoms with Crippen molar-refractivity contribution in [2.24, 2.45) is 0 Å². The number of methoxy groups -OCH3 is 2. The van der Waals surface area contributed by atoms with Crippen molar-refractivity contribution in [3.8, 4) is 16.9 Å². The number of rotatable bonds is 4. The SMILES string of the molecule is COC(=O)c1c(-c2cc(F)cc3cc[nH]c23)nn(-c2ccccc2)c1C(=O)OC. The minimum Gasteiger partial charge on any atom is -0.465 e. The summed E-state index contributed by atoms with van der Waals surface area (Å²) in [5, 5.41) is 5.09. The third-order valence-corrected chi connectivity index (χ3v) is 4.53. The highest BCUT2D eigenvalue weighted by Gasteiger charge is 2.32. The molecule has 0 fully saturated rings. The van der Waals surface area contributed by atoms with E-state index < -0.39 is 17.8 Å². The highest BCUT2D eigenvalue weighted by Crippen LogP contribution is 2.34. The first kappa shape index (κ1) is 18.4. The van der Waals surface area contributed by atoms with E-state index >= 15 is 0 Å². The molecule has 0 saturated carbocycles. The van der Waals surface area contributed by atoms with Gasteiger partial charge in [0.05, 0.1) is 25.4 Å². The molecule has 0 amide bonds. The molecule has 0 spiro atoms. The van der Waals surface area contributed by atoms with Gasteiger partial charge >= 0.3 is 11.9 Å². The van der Waals surface area contributed by atoms with Gasteiger partial charge in [0.15, 0.2) is 5.69 Å². The van der Waals surface area contributed by atoms with Crippen LogP contribution in [0.25, 0.3) is 27.8 Å². The maximum atomic E-state index is 14.3. The molecule has 2 aromatic carbocycles. The van der Waals surface area contributed by atoms with Gasteiger partial charge < -0.3 is 14.5 Å². The number of aromatic amines is 1. The van der Waals surface area contributed by atoms with E-state index in [1.807, 2.05) is 6.07 Å². The molecule has 0 aliphatic carbocycles. The molecule has 0 aliphatic heterocycles. The minimum atomic E-state index is -0.786. The first-order chi connectivity index (χ1) is 14.0. The van der Waals surface area contributed by atoms with Gasteiger partial charge in [-0.25, -0.2) is 18.7 Å². The molecule has 0 bridgehead atoms. The van der Waals surface area contributed by atoms with Gasteiger partial charge in [-0.05, 0) is 30.3 Å². The number of carbonyl (C=O) groups is 2. The number of esters is 2. The first-order valence-corrected chi connectivity index (χ1v) is 8.67. The number of ether oxygens (including phenoxy) is 2. The zero-order chi connectivity index (χ0) is 20.5. The Balaban J connectivity index is 2.11. The van der Waals surface area contributed by atoms with Gasteiger partial charge in [0, 0.05) is 17.1 Å². The summed E-state index contributed by atoms with van der Waals surface area (Å²) in [4.78, 5) is 28.3. The maximum Gasteiger partial charge on any atom is 0.357 e. The van der Waals surface area contributed by atoms with Crippen molar-refractivity contribution in [3.63, 3.8) is 0 Å². The van der Waals surface area contributed by atoms with Crippen LogP contribution in [0.5, 0.6) is 0 Å². The number of benzene rings is 2. The summed E-state index contributed by atoms with van der Waals surface area (Å²) in [5.74, 6) is -2.06. The van der Waals surface area contributed by atoms with Gasteiger partial charge in [-0.1, -0.05) is 18.2 Å². The lowest BCUT2D eigenvalue weighted by molar-refractivity contribution is 0.0549. The van der Waals surface area contributed by atoms with Crippen LogP contribution in [0.3, 0.4) is 0 Å². The number of nitrogens with zero attached hydrogens (tertiary/aromatic N) is 2. The molecule has 0 radical (unpaired) electrons. The third-order valence-electron chi connectivity index (χ3n) is 4.53. The van der Waals surface area contributed by atoms with Crippen LogP contribution < -0.4 is 0 Å². The van der Waals surface area contributed by atoms with Crippen molar-refractivity contribution in [1.29, 1.82) is 0 Å². The Bertz CT molecular complexity index is 1230. The summed E-state index contributed by atoms with van der Waals surface area (Å²) in [6.07, 6.45) is 1.65. The molecular weight excluding hydrogens is 377 g/mol. The van der Waals surface area contributed by atoms with Gasteiger partial charge in [-0.2, -0.15) is 5.10 Å². The van der Waals surface area contributed by atoms with Crippen molar-refractivity contribution in [1.82, 2.24) is 14.8 Å². The zero-order valence-corrected chi connectivity index (χ0v) is 15.6. The van der Waals surface area contributed by atoms with Crippen LogP contribution in [0.1, 0.15) is 20.8 Å². The Hall–Kier alpha value is -3.94. The summed E-state index contributed by atoms with van der Waals surface area (Å²) in [5.41, 5.74) is 1.32. The quantitative estimate of drug-likeness (QED) is 0.534. The van der Waals surface area contributed by atoms with Gasteiger partial charge in [-0.3, -0.25) is 0 Å². The lowest BCUT2D eigenvalue weighted by Crippen LogP contribution is -2.15. The summed E-state index contributed by atoms with van der Waals surface area (Å²) < 4.78 is 25.4. The van der Waals surface area contributed by atoms with E-state index in [2.05, 4.69) is 10.1 Å². The molecule has 146 valence electrons. The standard InChI is InChI=1S/C21H16FN3O4/c1-28-20(26)16-18(15-11-13(22)10-12-8-9-23-17(12)15)24-25(19(16)21(27)29-2)14-6-4-3-5-7-14/h3-11,23H,1-2H3. The maximum absolute atomic E-state index is 14.3. The molecule has 7 nitrogen and oxygen atoms in total. The molecule has 0 saturated heterocycles. The van der Waals surface area contributed by atoms with Crippen LogP contribution in [0.4, 0.5) is 4.39 Å². The molecule has 8 heteroatoms. The second-order valence-electron chi connectivity index (χ2n) is 6.20. The Kier molecular flexibility index (Phi) is 4.59. The molecule has 0 unspecified atom stereocenters. The first-order valence-electron chi connectivity index (χ1n) is 8.67. The highest BCUT2D eigenvalue weighted by molar-refractivity contribution is 6.09. The van der Waals surface area contributed by atoms with Crippen molar-refractivity contribution >= 4 is 22.8 Å². The zero-order valence-electron chi connectivity index (χ0n) is 15.6. The molecule has 0 aliphatic rings. The van der Waals surface area contributed by atoms with E-state index in [0.29, 0.717) is 22.2 Å². The second-order valence-corrected chi connectivity index (χ2v) is 6.20. The molecule has 29 heavy (non-hydrogen) atoms. The van der Waals surface area contributed by atoms with Crippen molar-refractivity contribution in [3.05, 3.63) is 71.8 Å². The molecule has 2 aromatic heterocycles. The van der Waals surface area contributed by atoms with E-state index in [4.69, 9.17) is 9.47 Å². The summed E-state index contributed by atoms with van der Waals surface area (Å²) >= 11 is 0. The van der Waals surface area contributed by atoms with Crippen LogP contribution in [-0.2, 0) is 9.47 Å². The Morgan fingerprint density at radius 2 is 1.76 bits per heavy atom. The van der Waals surface area contributed by atoms with E-state index in [1.165, 1.54) is 31.0 Å². The number of nitrogens with one attached hydrogen (secondary N) is 1. The van der Waals surface area contributed by atoms with Crippen molar-refractivity contribution in [2.45, 2.75) is 0 Å². The van der Waals surface area contributed by atoms with E-state index in [1.54, 1.807) is 36.5 Å². The Morgan fingerprint density at radius 3 is 2.45 bits per heavy atom. The number of aromatic nitrogens is 3. The number of hydrogen-bond acceptors (Lipinski definition) is 5. The molecular formula is C21H16FN3O4. The van der Waals surface area contributed by atoms with Crippen molar-refractivity contribution < 1.29 is 23.5 Å². The van der Waals surface area contributed by atoms with Crippen LogP contribution in [0.15, 0.2) is 54.7 Å². The minimum absolute atomic E-state index is 0.105. The smallest absolute Gasteiger partial charge is 0.357 e. The number of carbonyl (C=O) groups excluding carboxylic acids is 2. The number of para-hydroxylation sites is 1. The average molecular weight is 393 g/mol. The third kappa shape index (κ3) is 3.04. The van der Waals surface area contributed by atoms with Gasteiger partial charge in [0.25, 0.3) is 0 Å². The molecule has 4 aromatic rings. The lowest BCUT2D eigenvalue weighted by Gasteiger charge is -2.07. The van der Waals surface area contributed by atoms with Crippen LogP contribution >= 0.6 is 0 Å². The van der Waals surface area contributed by atoms with Crippen LogP contribution in [-0.4, -0.2) is 40.9 Å². The second kappa shape index (κ2) is 7.23. The normalized spacial score (nSPS) is 10.9. The van der Waals surface area contributed by atoms with Gasteiger partial charge in [0.1, 0.15) is 17.1 Å². The fraction of sp³-hybridized carbons (Fsp3) is 0.0952. The topological polar surface area (TPSA) is 86.2 Å². The largest absolute Gasteiger partial charge is 0.465 e. The summed E-state index contributed by atoms with van der Waals surface area (Å²) in [7, 11) is 2.40. The fourth-order valence-electron chi connectivity index (χ4n) is 3.27. The number of H-pyrrole nitrogens is 1. The fourth-order valence-corrected chi connectivity index (χ4v) is 3.27. The number of halogens is 1. The Morgan fingerprint density at radius 1 is 1.03 bits per heavy atom.